The molecule has 2 nitrogen and oxygen atoms in total. The number of thiophene rings is 1. The average Bonchev–Trinajstić information content (AvgIpc) is 1.49. The molecule has 3 heteroatoms. The van der Waals surface area contributed by atoms with Gasteiger partial charge in [0.25, 0.3) is 0 Å². The van der Waals surface area contributed by atoms with Gasteiger partial charge in [0.15, 0.2) is 0 Å². The molecule has 16 aromatic carbocycles. The topological polar surface area (TPSA) is 6.48 Å². The third-order valence-electron chi connectivity index (χ3n) is 18.3. The van der Waals surface area contributed by atoms with Crippen LogP contribution in [-0.4, -0.2) is 0 Å². The second-order valence-corrected chi connectivity index (χ2v) is 24.6. The van der Waals surface area contributed by atoms with Gasteiger partial charge in [0.2, 0.25) is 0 Å². The van der Waals surface area contributed by atoms with Gasteiger partial charge in [-0.2, -0.15) is 0 Å². The highest BCUT2D eigenvalue weighted by Gasteiger charge is 2.25. The van der Waals surface area contributed by atoms with E-state index in [1.807, 2.05) is 11.3 Å². The zero-order chi connectivity index (χ0) is 60.2. The minimum absolute atomic E-state index is 1.05. The van der Waals surface area contributed by atoms with Gasteiger partial charge in [-0.25, -0.2) is 0 Å². The van der Waals surface area contributed by atoms with Crippen LogP contribution in [0, 0.1) is 0 Å². The molecule has 0 unspecified atom stereocenters. The molecule has 17 aromatic rings. The number of hydrogen-bond acceptors (Lipinski definition) is 3. The lowest BCUT2D eigenvalue weighted by molar-refractivity contribution is 1.28. The highest BCUT2D eigenvalue weighted by atomic mass is 32.1. The molecule has 0 saturated heterocycles. The largest absolute Gasteiger partial charge is 0.310 e. The van der Waals surface area contributed by atoms with Crippen LogP contribution in [0.25, 0.3) is 130 Å². The summed E-state index contributed by atoms with van der Waals surface area (Å²) < 4.78 is 2.65. The third-order valence-corrected chi connectivity index (χ3v) is 19.5. The molecule has 0 fully saturated rings. The Bertz CT molecular complexity index is 5590. The fourth-order valence-corrected chi connectivity index (χ4v) is 15.1. The number of hydrogen-bond donors (Lipinski definition) is 0. The van der Waals surface area contributed by atoms with E-state index >= 15 is 0 Å². The average molecular weight is 1180 g/mol. The molecule has 0 aliphatic carbocycles. The molecule has 0 N–H and O–H groups in total. The van der Waals surface area contributed by atoms with Crippen LogP contribution in [0.4, 0.5) is 34.1 Å². The molecule has 0 aliphatic rings. The first-order valence-corrected chi connectivity index (χ1v) is 32.0. The Kier molecular flexibility index (Phi) is 13.4. The summed E-state index contributed by atoms with van der Waals surface area (Å²) >= 11 is 1.88. The number of fused-ring (bicyclic) bond motifs is 8. The summed E-state index contributed by atoms with van der Waals surface area (Å²) in [5.41, 5.74) is 20.6. The van der Waals surface area contributed by atoms with Crippen molar-refractivity contribution in [2.45, 2.75) is 0 Å². The van der Waals surface area contributed by atoms with Crippen molar-refractivity contribution in [2.24, 2.45) is 0 Å². The first kappa shape index (κ1) is 53.6. The van der Waals surface area contributed by atoms with Crippen molar-refractivity contribution in [3.05, 3.63) is 352 Å². The summed E-state index contributed by atoms with van der Waals surface area (Å²) in [6, 6.07) is 129. The van der Waals surface area contributed by atoms with E-state index in [1.165, 1.54) is 102 Å². The van der Waals surface area contributed by atoms with Gasteiger partial charge >= 0.3 is 0 Å². The van der Waals surface area contributed by atoms with Crippen LogP contribution in [0.1, 0.15) is 0 Å². The molecule has 0 bridgehead atoms. The van der Waals surface area contributed by atoms with E-state index in [4.69, 9.17) is 0 Å². The maximum atomic E-state index is 2.50. The van der Waals surface area contributed by atoms with Crippen LogP contribution in [-0.2, 0) is 0 Å². The maximum absolute atomic E-state index is 2.50. The molecule has 0 spiro atoms. The SMILES string of the molecule is c1ccc(-c2ccc(-c3ccccc3N(c3ccccc3-c3cccc(N(c4ccc(-c5cccc6ccccc56)cc4)c4ccc5c(ccc6cc(-c7cccc8c7sc7ccccc78)ccc65)c4)c3)c3ccc(-c4ccccc4)c4ccccc34)cc2)cc1. The van der Waals surface area contributed by atoms with Crippen LogP contribution < -0.4 is 9.80 Å². The lowest BCUT2D eigenvalue weighted by atomic mass is 9.94. The summed E-state index contributed by atoms with van der Waals surface area (Å²) in [7, 11) is 0. The molecule has 0 aliphatic heterocycles. The quantitative estimate of drug-likeness (QED) is 0.113. The predicted molar refractivity (Wildman–Crippen MR) is 391 cm³/mol. The number of benzene rings is 16. The molecular weight excluding hydrogens is 1120 g/mol. The Labute approximate surface area is 533 Å². The van der Waals surface area contributed by atoms with Gasteiger partial charge in [0.05, 0.1) is 17.1 Å². The smallest absolute Gasteiger partial charge is 0.0540 e. The molecule has 426 valence electrons. The van der Waals surface area contributed by atoms with Crippen molar-refractivity contribution in [3.63, 3.8) is 0 Å². The van der Waals surface area contributed by atoms with Crippen molar-refractivity contribution in [1.82, 2.24) is 0 Å². The first-order chi connectivity index (χ1) is 45.1. The van der Waals surface area contributed by atoms with Gasteiger partial charge < -0.3 is 9.80 Å². The van der Waals surface area contributed by atoms with E-state index < -0.39 is 0 Å². The molecule has 0 atom stereocenters. The minimum Gasteiger partial charge on any atom is -0.310 e. The molecule has 0 saturated carbocycles. The Morgan fingerprint density at radius 3 is 1.43 bits per heavy atom. The Morgan fingerprint density at radius 2 is 0.648 bits per heavy atom. The van der Waals surface area contributed by atoms with E-state index in [0.29, 0.717) is 0 Å². The Morgan fingerprint density at radius 1 is 0.187 bits per heavy atom. The highest BCUT2D eigenvalue weighted by molar-refractivity contribution is 7.26. The zero-order valence-electron chi connectivity index (χ0n) is 49.8. The number of nitrogens with zero attached hydrogens (tertiary/aromatic N) is 2. The summed E-state index contributed by atoms with van der Waals surface area (Å²) in [6.45, 7) is 0. The summed E-state index contributed by atoms with van der Waals surface area (Å²) in [5, 5.41) is 12.3. The fourth-order valence-electron chi connectivity index (χ4n) is 13.9. The monoisotopic (exact) mass is 1170 g/mol. The number of rotatable bonds is 12. The maximum Gasteiger partial charge on any atom is 0.0540 e. The molecule has 0 radical (unpaired) electrons. The van der Waals surface area contributed by atoms with E-state index in [9.17, 15) is 0 Å². The first-order valence-electron chi connectivity index (χ1n) is 31.2. The minimum atomic E-state index is 1.05. The highest BCUT2D eigenvalue weighted by Crippen LogP contribution is 2.50. The summed E-state index contributed by atoms with van der Waals surface area (Å²) in [6.07, 6.45) is 0. The normalized spacial score (nSPS) is 11.5. The van der Waals surface area contributed by atoms with Gasteiger partial charge in [-0.3, -0.25) is 0 Å². The van der Waals surface area contributed by atoms with Crippen LogP contribution in [0.2, 0.25) is 0 Å². The molecular formula is C88H58N2S. The zero-order valence-corrected chi connectivity index (χ0v) is 50.6. The van der Waals surface area contributed by atoms with Crippen LogP contribution in [0.15, 0.2) is 352 Å². The van der Waals surface area contributed by atoms with E-state index in [-0.39, 0.29) is 0 Å². The van der Waals surface area contributed by atoms with Crippen molar-refractivity contribution in [1.29, 1.82) is 0 Å². The van der Waals surface area contributed by atoms with Crippen LogP contribution in [0.3, 0.4) is 0 Å². The van der Waals surface area contributed by atoms with Crippen molar-refractivity contribution >= 4 is 109 Å². The molecule has 17 rings (SSSR count). The van der Waals surface area contributed by atoms with Gasteiger partial charge in [-0.1, -0.05) is 285 Å². The predicted octanol–water partition coefficient (Wildman–Crippen LogP) is 25.6. The molecule has 1 heterocycles. The lowest BCUT2D eigenvalue weighted by Crippen LogP contribution is -2.13. The van der Waals surface area contributed by atoms with Crippen molar-refractivity contribution < 1.29 is 0 Å². The summed E-state index contributed by atoms with van der Waals surface area (Å²) in [4.78, 5) is 4.93. The molecule has 91 heavy (non-hydrogen) atoms. The van der Waals surface area contributed by atoms with Crippen molar-refractivity contribution in [2.75, 3.05) is 9.80 Å². The van der Waals surface area contributed by atoms with Crippen molar-refractivity contribution in [3.8, 4) is 66.8 Å². The Hall–Kier alpha value is -11.6. The standard InChI is InChI=1S/C88H58N2S/c1-3-20-59(21-4-1)60-40-42-64(43-41-60)77-29-11-14-37-84(77)90(86-55-54-74(61-22-5-2-6-23-61)80-31-9-10-32-81(80)86)85-38-15-12-30-78(85)65-26-17-27-70(57-65)89(69-49-46-63(47-50-69)73-34-18-25-62-24-7-8-28-72(62)73)71-51-53-76-68(58-71)45-44-66-56-67(48-52-75(66)76)79-35-19-36-83-82-33-13-16-39-87(82)91-88(79)83/h1-58H. The van der Waals surface area contributed by atoms with Crippen LogP contribution in [0.5, 0.6) is 0 Å². The fraction of sp³-hybridized carbons (Fsp3) is 0. The second-order valence-electron chi connectivity index (χ2n) is 23.5. The van der Waals surface area contributed by atoms with E-state index in [2.05, 4.69) is 362 Å². The third kappa shape index (κ3) is 9.68. The van der Waals surface area contributed by atoms with Gasteiger partial charge in [-0.05, 0) is 160 Å². The molecule has 0 amide bonds. The lowest BCUT2D eigenvalue weighted by Gasteiger charge is -2.31. The second kappa shape index (κ2) is 22.8. The Balaban J connectivity index is 0.814. The van der Waals surface area contributed by atoms with Gasteiger partial charge in [-0.15, -0.1) is 11.3 Å². The van der Waals surface area contributed by atoms with E-state index in [1.54, 1.807) is 0 Å². The van der Waals surface area contributed by atoms with E-state index in [0.717, 1.165) is 61.8 Å². The summed E-state index contributed by atoms with van der Waals surface area (Å²) in [5.74, 6) is 0. The van der Waals surface area contributed by atoms with Gasteiger partial charge in [0.1, 0.15) is 0 Å². The number of para-hydroxylation sites is 2. The molecule has 1 aromatic heterocycles. The number of anilines is 6. The van der Waals surface area contributed by atoms with Crippen LogP contribution >= 0.6 is 11.3 Å². The van der Waals surface area contributed by atoms with Gasteiger partial charge in [0, 0.05) is 53.7 Å².